The van der Waals surface area contributed by atoms with E-state index >= 15 is 0 Å². The fraction of sp³-hybridized carbons (Fsp3) is 0.583. The Labute approximate surface area is 101 Å². The topological polar surface area (TPSA) is 81.8 Å². The van der Waals surface area contributed by atoms with Crippen molar-refractivity contribution >= 4 is 5.95 Å². The van der Waals surface area contributed by atoms with E-state index < -0.39 is 0 Å². The Morgan fingerprint density at radius 1 is 1.53 bits per heavy atom. The van der Waals surface area contributed by atoms with Crippen LogP contribution in [0.25, 0.3) is 0 Å². The first-order valence-electron chi connectivity index (χ1n) is 5.85. The molecule has 0 aromatic carbocycles. The second kappa shape index (κ2) is 5.11. The van der Waals surface area contributed by atoms with E-state index in [-0.39, 0.29) is 6.10 Å². The van der Waals surface area contributed by atoms with Crippen LogP contribution in [-0.4, -0.2) is 27.7 Å². The van der Waals surface area contributed by atoms with E-state index in [0.717, 1.165) is 31.5 Å². The van der Waals surface area contributed by atoms with Crippen molar-refractivity contribution < 1.29 is 5.11 Å². The van der Waals surface area contributed by atoms with Gasteiger partial charge in [-0.2, -0.15) is 5.26 Å². The number of aliphatic hydroxyl groups is 1. The molecule has 1 aliphatic carbocycles. The number of aryl methyl sites for hydroxylation is 1. The molecule has 90 valence electrons. The number of aliphatic hydroxyl groups excluding tert-OH is 1. The summed E-state index contributed by atoms with van der Waals surface area (Å²) in [5.41, 5.74) is 1.16. The maximum atomic E-state index is 9.42. The van der Waals surface area contributed by atoms with Crippen LogP contribution in [0.2, 0.25) is 0 Å². The SMILES string of the molecule is Cc1cc(C#N)nc(NCC2CCC(O)C2)n1. The van der Waals surface area contributed by atoms with Crippen LogP contribution in [-0.2, 0) is 0 Å². The van der Waals surface area contributed by atoms with Gasteiger partial charge in [-0.05, 0) is 38.2 Å². The van der Waals surface area contributed by atoms with Crippen molar-refractivity contribution in [3.8, 4) is 6.07 Å². The molecule has 5 heteroatoms. The minimum absolute atomic E-state index is 0.158. The molecule has 5 nitrogen and oxygen atoms in total. The van der Waals surface area contributed by atoms with Crippen LogP contribution in [0, 0.1) is 24.2 Å². The first kappa shape index (κ1) is 11.8. The van der Waals surface area contributed by atoms with Gasteiger partial charge in [0.05, 0.1) is 6.10 Å². The van der Waals surface area contributed by atoms with Gasteiger partial charge in [-0.15, -0.1) is 0 Å². The van der Waals surface area contributed by atoms with Crippen molar-refractivity contribution in [1.29, 1.82) is 5.26 Å². The predicted octanol–water partition coefficient (Wildman–Crippen LogP) is 1.23. The van der Waals surface area contributed by atoms with Gasteiger partial charge in [0, 0.05) is 12.2 Å². The highest BCUT2D eigenvalue weighted by Gasteiger charge is 2.22. The van der Waals surface area contributed by atoms with Crippen molar-refractivity contribution in [2.45, 2.75) is 32.3 Å². The monoisotopic (exact) mass is 232 g/mol. The fourth-order valence-electron chi connectivity index (χ4n) is 2.17. The Balaban J connectivity index is 1.95. The number of anilines is 1. The Kier molecular flexibility index (Phi) is 3.55. The van der Waals surface area contributed by atoms with Gasteiger partial charge in [-0.25, -0.2) is 9.97 Å². The number of nitrogens with one attached hydrogen (secondary N) is 1. The molecule has 0 spiro atoms. The summed E-state index contributed by atoms with van der Waals surface area (Å²) < 4.78 is 0. The molecule has 1 heterocycles. The summed E-state index contributed by atoms with van der Waals surface area (Å²) in [7, 11) is 0. The third-order valence-corrected chi connectivity index (χ3v) is 3.03. The van der Waals surface area contributed by atoms with Crippen LogP contribution < -0.4 is 5.32 Å². The summed E-state index contributed by atoms with van der Waals surface area (Å²) >= 11 is 0. The molecule has 2 atom stereocenters. The van der Waals surface area contributed by atoms with Crippen molar-refractivity contribution in [3.05, 3.63) is 17.5 Å². The normalized spacial score (nSPS) is 23.4. The third-order valence-electron chi connectivity index (χ3n) is 3.03. The molecule has 1 aromatic heterocycles. The zero-order chi connectivity index (χ0) is 12.3. The quantitative estimate of drug-likeness (QED) is 0.819. The number of aromatic nitrogens is 2. The lowest BCUT2D eigenvalue weighted by molar-refractivity contribution is 0.178. The first-order chi connectivity index (χ1) is 8.17. The molecule has 0 aliphatic heterocycles. The summed E-state index contributed by atoms with van der Waals surface area (Å²) in [6.07, 6.45) is 2.59. The van der Waals surface area contributed by atoms with E-state index in [1.807, 2.05) is 13.0 Å². The number of nitriles is 1. The molecule has 1 saturated carbocycles. The molecule has 2 N–H and O–H groups in total. The first-order valence-corrected chi connectivity index (χ1v) is 5.85. The number of hydrogen-bond acceptors (Lipinski definition) is 5. The van der Waals surface area contributed by atoms with Gasteiger partial charge in [0.15, 0.2) is 0 Å². The molecule has 1 fully saturated rings. The van der Waals surface area contributed by atoms with E-state index in [9.17, 15) is 5.11 Å². The van der Waals surface area contributed by atoms with Gasteiger partial charge in [0.25, 0.3) is 0 Å². The molecule has 0 saturated heterocycles. The minimum Gasteiger partial charge on any atom is -0.393 e. The van der Waals surface area contributed by atoms with E-state index in [0.29, 0.717) is 17.6 Å². The summed E-state index contributed by atoms with van der Waals surface area (Å²) in [5.74, 6) is 0.975. The standard InChI is InChI=1S/C12H16N4O/c1-8-4-10(6-13)16-12(15-8)14-7-9-2-3-11(17)5-9/h4,9,11,17H,2-3,5,7H2,1H3,(H,14,15,16). The summed E-state index contributed by atoms with van der Waals surface area (Å²) in [5, 5.41) is 21.4. The summed E-state index contributed by atoms with van der Waals surface area (Å²) in [6, 6.07) is 3.67. The lowest BCUT2D eigenvalue weighted by atomic mass is 10.1. The number of nitrogens with zero attached hydrogens (tertiary/aromatic N) is 3. The lowest BCUT2D eigenvalue weighted by Crippen LogP contribution is -2.14. The van der Waals surface area contributed by atoms with Crippen LogP contribution in [0.3, 0.4) is 0 Å². The van der Waals surface area contributed by atoms with Gasteiger partial charge in [0.1, 0.15) is 11.8 Å². The van der Waals surface area contributed by atoms with E-state index in [2.05, 4.69) is 15.3 Å². The number of hydrogen-bond donors (Lipinski definition) is 2. The van der Waals surface area contributed by atoms with Gasteiger partial charge < -0.3 is 10.4 Å². The Morgan fingerprint density at radius 2 is 2.35 bits per heavy atom. The minimum atomic E-state index is -0.158. The van der Waals surface area contributed by atoms with Crippen LogP contribution in [0.4, 0.5) is 5.95 Å². The third kappa shape index (κ3) is 3.14. The van der Waals surface area contributed by atoms with Crippen molar-refractivity contribution in [1.82, 2.24) is 9.97 Å². The van der Waals surface area contributed by atoms with E-state index in [1.165, 1.54) is 0 Å². The van der Waals surface area contributed by atoms with Crippen molar-refractivity contribution in [3.63, 3.8) is 0 Å². The second-order valence-corrected chi connectivity index (χ2v) is 4.54. The van der Waals surface area contributed by atoms with Gasteiger partial charge in [-0.3, -0.25) is 0 Å². The van der Waals surface area contributed by atoms with Crippen LogP contribution in [0.1, 0.15) is 30.7 Å². The highest BCUT2D eigenvalue weighted by atomic mass is 16.3. The average Bonchev–Trinajstić information content (AvgIpc) is 2.72. The highest BCUT2D eigenvalue weighted by molar-refractivity contribution is 5.32. The average molecular weight is 232 g/mol. The van der Waals surface area contributed by atoms with Crippen LogP contribution in [0.5, 0.6) is 0 Å². The maximum Gasteiger partial charge on any atom is 0.224 e. The second-order valence-electron chi connectivity index (χ2n) is 4.54. The molecule has 2 rings (SSSR count). The molecule has 0 radical (unpaired) electrons. The van der Waals surface area contributed by atoms with Gasteiger partial charge in [0.2, 0.25) is 5.95 Å². The number of rotatable bonds is 3. The summed E-state index contributed by atoms with van der Waals surface area (Å²) in [4.78, 5) is 8.31. The largest absolute Gasteiger partial charge is 0.393 e. The fourth-order valence-corrected chi connectivity index (χ4v) is 2.17. The van der Waals surface area contributed by atoms with Crippen molar-refractivity contribution in [2.75, 3.05) is 11.9 Å². The maximum absolute atomic E-state index is 9.42. The van der Waals surface area contributed by atoms with Gasteiger partial charge in [-0.1, -0.05) is 0 Å². The molecular weight excluding hydrogens is 216 g/mol. The molecular formula is C12H16N4O. The Morgan fingerprint density at radius 3 is 3.00 bits per heavy atom. The smallest absolute Gasteiger partial charge is 0.224 e. The molecule has 1 aromatic rings. The van der Waals surface area contributed by atoms with Crippen LogP contribution >= 0.6 is 0 Å². The predicted molar refractivity (Wildman–Crippen MR) is 63.3 cm³/mol. The van der Waals surface area contributed by atoms with Crippen molar-refractivity contribution in [2.24, 2.45) is 5.92 Å². The van der Waals surface area contributed by atoms with Crippen LogP contribution in [0.15, 0.2) is 6.07 Å². The van der Waals surface area contributed by atoms with E-state index in [4.69, 9.17) is 5.26 Å². The Bertz CT molecular complexity index is 441. The highest BCUT2D eigenvalue weighted by Crippen LogP contribution is 2.25. The molecule has 1 aliphatic rings. The summed E-state index contributed by atoms with van der Waals surface area (Å²) in [6.45, 7) is 2.60. The lowest BCUT2D eigenvalue weighted by Gasteiger charge is -2.11. The van der Waals surface area contributed by atoms with E-state index in [1.54, 1.807) is 6.07 Å². The zero-order valence-electron chi connectivity index (χ0n) is 9.85. The molecule has 2 unspecified atom stereocenters. The molecule has 17 heavy (non-hydrogen) atoms. The Hall–Kier alpha value is -1.67. The molecule has 0 bridgehead atoms. The zero-order valence-corrected chi connectivity index (χ0v) is 9.85. The van der Waals surface area contributed by atoms with Gasteiger partial charge >= 0.3 is 0 Å². The molecule has 0 amide bonds.